The molecule has 1 saturated heterocycles. The molecule has 3 heterocycles. The highest BCUT2D eigenvalue weighted by Crippen LogP contribution is 2.30. The van der Waals surface area contributed by atoms with Gasteiger partial charge < -0.3 is 15.3 Å². The van der Waals surface area contributed by atoms with Crippen LogP contribution in [0.4, 0.5) is 10.2 Å². The summed E-state index contributed by atoms with van der Waals surface area (Å²) < 4.78 is 16.3. The lowest BCUT2D eigenvalue weighted by Gasteiger charge is -2.18. The van der Waals surface area contributed by atoms with Crippen molar-refractivity contribution in [2.24, 2.45) is 0 Å². The van der Waals surface area contributed by atoms with E-state index in [1.165, 1.54) is 18.2 Å². The molecule has 1 fully saturated rings. The van der Waals surface area contributed by atoms with Crippen molar-refractivity contribution in [3.05, 3.63) is 59.2 Å². The van der Waals surface area contributed by atoms with Crippen molar-refractivity contribution in [3.63, 3.8) is 0 Å². The Balaban J connectivity index is 1.86. The lowest BCUT2D eigenvalue weighted by Crippen LogP contribution is -2.29. The Hall–Kier alpha value is -3.61. The third-order valence-corrected chi connectivity index (χ3v) is 5.57. The van der Waals surface area contributed by atoms with Gasteiger partial charge in [0.1, 0.15) is 5.82 Å². The molecule has 0 bridgehead atoms. The molecule has 2 N–H and O–H groups in total. The zero-order valence-corrected chi connectivity index (χ0v) is 17.8. The number of aldehydes is 1. The number of aromatic nitrogens is 3. The zero-order valence-electron chi connectivity index (χ0n) is 17.8. The maximum absolute atomic E-state index is 14.7. The van der Waals surface area contributed by atoms with Crippen LogP contribution in [0.15, 0.2) is 36.5 Å². The second-order valence-electron chi connectivity index (χ2n) is 8.10. The summed E-state index contributed by atoms with van der Waals surface area (Å²) in [6.45, 7) is 3.18. The second kappa shape index (κ2) is 8.49. The summed E-state index contributed by atoms with van der Waals surface area (Å²) in [4.78, 5) is 18.5. The van der Waals surface area contributed by atoms with Crippen molar-refractivity contribution in [2.75, 3.05) is 25.0 Å². The predicted molar refractivity (Wildman–Crippen MR) is 117 cm³/mol. The maximum Gasteiger partial charge on any atom is 0.154 e. The molecule has 9 heteroatoms. The van der Waals surface area contributed by atoms with Crippen LogP contribution in [0.2, 0.25) is 0 Å². The highest BCUT2D eigenvalue weighted by molar-refractivity contribution is 5.84. The molecule has 0 spiro atoms. The number of anilines is 1. The fourth-order valence-corrected chi connectivity index (χ4v) is 3.98. The minimum Gasteiger partial charge on any atom is -0.388 e. The number of pyridine rings is 1. The number of carbonyl (C=O) groups excluding carboxylic acids is 1. The largest absolute Gasteiger partial charge is 0.388 e. The SMILES string of the molecule is CNCc1nc(-c2c(F)cccc2C#N)cc(-n2ccc(N3CC[C@](C)(O)C3)n2)c1C=O. The van der Waals surface area contributed by atoms with E-state index >= 15 is 0 Å². The average Bonchev–Trinajstić information content (AvgIpc) is 3.39. The molecular formula is C23H23FN6O2. The highest BCUT2D eigenvalue weighted by atomic mass is 19.1. The van der Waals surface area contributed by atoms with Crippen LogP contribution >= 0.6 is 0 Å². The van der Waals surface area contributed by atoms with Gasteiger partial charge in [0.15, 0.2) is 12.1 Å². The molecule has 3 aromatic rings. The molecule has 2 aromatic heterocycles. The number of nitrogens with one attached hydrogen (secondary N) is 1. The number of hydrogen-bond donors (Lipinski definition) is 2. The molecule has 1 aliphatic rings. The van der Waals surface area contributed by atoms with Gasteiger partial charge >= 0.3 is 0 Å². The molecular weight excluding hydrogens is 411 g/mol. The van der Waals surface area contributed by atoms with Crippen molar-refractivity contribution in [1.82, 2.24) is 20.1 Å². The Kier molecular flexibility index (Phi) is 5.74. The fraction of sp³-hybridized carbons (Fsp3) is 0.304. The number of carbonyl (C=O) groups is 1. The predicted octanol–water partition coefficient (Wildman–Crippen LogP) is 2.44. The van der Waals surface area contributed by atoms with E-state index in [2.05, 4.69) is 15.4 Å². The molecule has 1 atom stereocenters. The third kappa shape index (κ3) is 3.98. The van der Waals surface area contributed by atoms with E-state index < -0.39 is 11.4 Å². The van der Waals surface area contributed by atoms with E-state index in [1.54, 1.807) is 37.0 Å². The Morgan fingerprint density at radius 3 is 2.88 bits per heavy atom. The van der Waals surface area contributed by atoms with Crippen LogP contribution in [0.5, 0.6) is 0 Å². The van der Waals surface area contributed by atoms with Crippen LogP contribution in [-0.2, 0) is 6.54 Å². The standard InChI is InChI=1S/C23H23FN6O2/c1-23(32)7-9-29(14-23)21-6-8-30(28-21)20-10-18(27-19(12-26-2)16(20)13-31)22-15(11-25)4-3-5-17(22)24/h3-6,8,10,13,26,32H,7,9,12,14H2,1-2H3/t23-/m0/s1. The molecule has 32 heavy (non-hydrogen) atoms. The van der Waals surface area contributed by atoms with Gasteiger partial charge in [-0.2, -0.15) is 10.4 Å². The first-order chi connectivity index (χ1) is 15.4. The van der Waals surface area contributed by atoms with E-state index in [1.807, 2.05) is 11.0 Å². The van der Waals surface area contributed by atoms with Crippen molar-refractivity contribution in [3.8, 4) is 23.0 Å². The molecule has 0 amide bonds. The summed E-state index contributed by atoms with van der Waals surface area (Å²) in [5, 5.41) is 27.3. The van der Waals surface area contributed by atoms with Crippen molar-refractivity contribution in [2.45, 2.75) is 25.5 Å². The first-order valence-electron chi connectivity index (χ1n) is 10.2. The summed E-state index contributed by atoms with van der Waals surface area (Å²) in [7, 11) is 1.72. The first kappa shape index (κ1) is 21.6. The Bertz CT molecular complexity index is 1210. The monoisotopic (exact) mass is 434 g/mol. The minimum atomic E-state index is -0.778. The maximum atomic E-state index is 14.7. The smallest absolute Gasteiger partial charge is 0.154 e. The van der Waals surface area contributed by atoms with Gasteiger partial charge in [-0.15, -0.1) is 0 Å². The van der Waals surface area contributed by atoms with E-state index in [-0.39, 0.29) is 23.4 Å². The highest BCUT2D eigenvalue weighted by Gasteiger charge is 2.32. The van der Waals surface area contributed by atoms with E-state index in [4.69, 9.17) is 0 Å². The number of nitrogens with zero attached hydrogens (tertiary/aromatic N) is 5. The second-order valence-corrected chi connectivity index (χ2v) is 8.10. The topological polar surface area (TPSA) is 107 Å². The van der Waals surface area contributed by atoms with Gasteiger partial charge in [0, 0.05) is 31.9 Å². The Labute approximate surface area is 184 Å². The van der Waals surface area contributed by atoms with Crippen LogP contribution in [0.3, 0.4) is 0 Å². The average molecular weight is 434 g/mol. The Morgan fingerprint density at radius 1 is 1.41 bits per heavy atom. The number of β-amino-alcohol motifs (C(OH)–C–C–N with tert-alkyl or cyclic N) is 1. The zero-order chi connectivity index (χ0) is 22.9. The van der Waals surface area contributed by atoms with Crippen LogP contribution in [0.25, 0.3) is 16.9 Å². The fourth-order valence-electron chi connectivity index (χ4n) is 3.98. The van der Waals surface area contributed by atoms with Gasteiger partial charge in [-0.25, -0.2) is 9.07 Å². The summed E-state index contributed by atoms with van der Waals surface area (Å²) in [6, 6.07) is 9.64. The number of rotatable bonds is 6. The quantitative estimate of drug-likeness (QED) is 0.574. The van der Waals surface area contributed by atoms with Crippen molar-refractivity contribution in [1.29, 1.82) is 5.26 Å². The molecule has 8 nitrogen and oxygen atoms in total. The minimum absolute atomic E-state index is 0.0778. The van der Waals surface area contributed by atoms with Crippen LogP contribution < -0.4 is 10.2 Å². The number of hydrogen-bond acceptors (Lipinski definition) is 7. The number of aliphatic hydroxyl groups is 1. The normalized spacial score (nSPS) is 18.0. The van der Waals surface area contributed by atoms with Gasteiger partial charge in [-0.05, 0) is 38.6 Å². The van der Waals surface area contributed by atoms with Crippen molar-refractivity contribution >= 4 is 12.1 Å². The van der Waals surface area contributed by atoms with E-state index in [9.17, 15) is 19.6 Å². The van der Waals surface area contributed by atoms with Crippen LogP contribution in [-0.4, -0.2) is 51.9 Å². The van der Waals surface area contributed by atoms with E-state index in [0.717, 1.165) is 0 Å². The van der Waals surface area contributed by atoms with Gasteiger partial charge in [-0.1, -0.05) is 6.07 Å². The number of benzene rings is 1. The van der Waals surface area contributed by atoms with Gasteiger partial charge in [-0.3, -0.25) is 9.78 Å². The van der Waals surface area contributed by atoms with Gasteiger partial charge in [0.2, 0.25) is 0 Å². The third-order valence-electron chi connectivity index (χ3n) is 5.57. The molecule has 0 radical (unpaired) electrons. The summed E-state index contributed by atoms with van der Waals surface area (Å²) in [6.07, 6.45) is 3.05. The van der Waals surface area contributed by atoms with Crippen LogP contribution in [0, 0.1) is 17.1 Å². The Morgan fingerprint density at radius 2 is 2.22 bits per heavy atom. The van der Waals surface area contributed by atoms with Crippen molar-refractivity contribution < 1.29 is 14.3 Å². The van der Waals surface area contributed by atoms with Crippen LogP contribution in [0.1, 0.15) is 35.0 Å². The molecule has 0 aliphatic carbocycles. The molecule has 164 valence electrons. The summed E-state index contributed by atoms with van der Waals surface area (Å²) >= 11 is 0. The summed E-state index contributed by atoms with van der Waals surface area (Å²) in [5.41, 5.74) is 0.864. The number of nitriles is 1. The van der Waals surface area contributed by atoms with Gasteiger partial charge in [0.05, 0.1) is 45.4 Å². The van der Waals surface area contributed by atoms with Gasteiger partial charge in [0.25, 0.3) is 0 Å². The lowest BCUT2D eigenvalue weighted by molar-refractivity contribution is 0.0839. The summed E-state index contributed by atoms with van der Waals surface area (Å²) in [5.74, 6) is 0.0916. The lowest BCUT2D eigenvalue weighted by atomic mass is 10.0. The number of halogens is 1. The first-order valence-corrected chi connectivity index (χ1v) is 10.2. The molecule has 1 aromatic carbocycles. The molecule has 1 aliphatic heterocycles. The molecule has 0 saturated carbocycles. The molecule has 0 unspecified atom stereocenters. The van der Waals surface area contributed by atoms with E-state index in [0.29, 0.717) is 48.6 Å². The molecule has 4 rings (SSSR count).